The molecule has 0 saturated heterocycles. The lowest BCUT2D eigenvalue weighted by atomic mass is 10.2. The molecule has 1 unspecified atom stereocenters. The van der Waals surface area contributed by atoms with Gasteiger partial charge in [-0.2, -0.15) is 0 Å². The van der Waals surface area contributed by atoms with Crippen LogP contribution in [0.15, 0.2) is 48.5 Å². The minimum absolute atomic E-state index is 0.160. The van der Waals surface area contributed by atoms with Gasteiger partial charge in [0.2, 0.25) is 0 Å². The summed E-state index contributed by atoms with van der Waals surface area (Å²) >= 11 is 5.89. The average molecular weight is 340 g/mol. The van der Waals surface area contributed by atoms with Gasteiger partial charge in [-0.3, -0.25) is 4.57 Å². The van der Waals surface area contributed by atoms with Gasteiger partial charge in [0.05, 0.1) is 6.61 Å². The predicted molar refractivity (Wildman–Crippen MR) is 90.4 cm³/mol. The topological polar surface area (TPSA) is 58.6 Å². The van der Waals surface area contributed by atoms with E-state index < -0.39 is 13.4 Å². The quantitative estimate of drug-likeness (QED) is 0.729. The number of hydrogen-bond donors (Lipinski definition) is 2. The molecule has 4 nitrogen and oxygen atoms in total. The van der Waals surface area contributed by atoms with Crippen LogP contribution >= 0.6 is 19.2 Å². The maximum Gasteiger partial charge on any atom is 0.354 e. The van der Waals surface area contributed by atoms with Crippen LogP contribution in [0.1, 0.15) is 23.8 Å². The SMILES string of the molecule is CCOP(=O)(O)[C@@H](Nc1ccc(C)cc1)c1ccc(Cl)cc1. The Bertz CT molecular complexity index is 658. The largest absolute Gasteiger partial charge is 0.368 e. The van der Waals surface area contributed by atoms with Gasteiger partial charge in [-0.1, -0.05) is 41.4 Å². The molecule has 2 N–H and O–H groups in total. The standard InChI is InChI=1S/C16H19ClNO3P/c1-3-21-22(19,20)16(13-6-8-14(17)9-7-13)18-15-10-4-12(2)5-11-15/h4-11,16,18H,3H2,1-2H3,(H,19,20)/t16-/m1/s1. The van der Waals surface area contributed by atoms with Gasteiger partial charge < -0.3 is 14.7 Å². The van der Waals surface area contributed by atoms with E-state index in [2.05, 4.69) is 5.32 Å². The summed E-state index contributed by atoms with van der Waals surface area (Å²) in [5.74, 6) is -0.854. The molecule has 0 fully saturated rings. The highest BCUT2D eigenvalue weighted by molar-refractivity contribution is 7.53. The molecule has 2 rings (SSSR count). The minimum atomic E-state index is -3.87. The molecule has 0 spiro atoms. The number of hydrogen-bond acceptors (Lipinski definition) is 3. The second-order valence-corrected chi connectivity index (χ2v) is 7.29. The Morgan fingerprint density at radius 2 is 1.77 bits per heavy atom. The van der Waals surface area contributed by atoms with E-state index in [9.17, 15) is 9.46 Å². The minimum Gasteiger partial charge on any atom is -0.368 e. The van der Waals surface area contributed by atoms with Gasteiger partial charge in [0.25, 0.3) is 0 Å². The van der Waals surface area contributed by atoms with Crippen LogP contribution in [0.4, 0.5) is 5.69 Å². The summed E-state index contributed by atoms with van der Waals surface area (Å²) in [6.45, 7) is 3.83. The molecule has 22 heavy (non-hydrogen) atoms. The van der Waals surface area contributed by atoms with Gasteiger partial charge in [0, 0.05) is 10.7 Å². The van der Waals surface area contributed by atoms with Gasteiger partial charge in [-0.25, -0.2) is 0 Å². The molecule has 2 aromatic carbocycles. The molecule has 0 aliphatic rings. The molecule has 2 atom stereocenters. The summed E-state index contributed by atoms with van der Waals surface area (Å²) in [5.41, 5.74) is 2.51. The molecule has 118 valence electrons. The monoisotopic (exact) mass is 339 g/mol. The number of nitrogens with one attached hydrogen (secondary N) is 1. The van der Waals surface area contributed by atoms with Crippen molar-refractivity contribution in [1.82, 2.24) is 0 Å². The predicted octanol–water partition coefficient (Wildman–Crippen LogP) is 4.98. The lowest BCUT2D eigenvalue weighted by molar-refractivity contribution is 0.267. The zero-order chi connectivity index (χ0) is 16.2. The fourth-order valence-corrected chi connectivity index (χ4v) is 3.57. The molecule has 0 heterocycles. The van der Waals surface area contributed by atoms with Crippen LogP contribution in [-0.4, -0.2) is 11.5 Å². The summed E-state index contributed by atoms with van der Waals surface area (Å²) in [6.07, 6.45) is 0. The van der Waals surface area contributed by atoms with E-state index in [1.807, 2.05) is 31.2 Å². The Morgan fingerprint density at radius 3 is 2.32 bits per heavy atom. The molecule has 2 aromatic rings. The number of anilines is 1. The van der Waals surface area contributed by atoms with Gasteiger partial charge in [0.1, 0.15) is 0 Å². The smallest absolute Gasteiger partial charge is 0.354 e. The molecule has 0 aliphatic heterocycles. The van der Waals surface area contributed by atoms with Gasteiger partial charge in [-0.15, -0.1) is 0 Å². The van der Waals surface area contributed by atoms with Crippen molar-refractivity contribution in [2.24, 2.45) is 0 Å². The summed E-state index contributed by atoms with van der Waals surface area (Å²) < 4.78 is 17.6. The van der Waals surface area contributed by atoms with E-state index in [-0.39, 0.29) is 6.61 Å². The second kappa shape index (κ2) is 7.30. The van der Waals surface area contributed by atoms with E-state index in [4.69, 9.17) is 16.1 Å². The first kappa shape index (κ1) is 17.0. The van der Waals surface area contributed by atoms with Crippen molar-refractivity contribution in [2.45, 2.75) is 19.6 Å². The summed E-state index contributed by atoms with van der Waals surface area (Å²) in [4.78, 5) is 10.3. The van der Waals surface area contributed by atoms with Gasteiger partial charge >= 0.3 is 7.60 Å². The van der Waals surface area contributed by atoms with E-state index in [1.54, 1.807) is 31.2 Å². The molecule has 0 bridgehead atoms. The summed E-state index contributed by atoms with van der Waals surface area (Å²) in [7, 11) is -3.87. The van der Waals surface area contributed by atoms with E-state index in [0.717, 1.165) is 11.3 Å². The van der Waals surface area contributed by atoms with Crippen LogP contribution in [0.3, 0.4) is 0 Å². The molecule has 0 radical (unpaired) electrons. The number of halogens is 1. The zero-order valence-corrected chi connectivity index (χ0v) is 14.1. The van der Waals surface area contributed by atoms with Gasteiger partial charge in [-0.05, 0) is 43.7 Å². The highest BCUT2D eigenvalue weighted by Gasteiger charge is 2.33. The van der Waals surface area contributed by atoms with E-state index in [1.165, 1.54) is 0 Å². The highest BCUT2D eigenvalue weighted by atomic mass is 35.5. The molecule has 6 heteroatoms. The Balaban J connectivity index is 2.34. The lowest BCUT2D eigenvalue weighted by Gasteiger charge is -2.24. The van der Waals surface area contributed by atoms with E-state index >= 15 is 0 Å². The Kier molecular flexibility index (Phi) is 5.65. The Hall–Kier alpha value is -1.32. The number of aryl methyl sites for hydroxylation is 1. The number of benzene rings is 2. The Labute approximate surface area is 135 Å². The van der Waals surface area contributed by atoms with Crippen molar-refractivity contribution < 1.29 is 14.0 Å². The maximum absolute atomic E-state index is 12.5. The second-order valence-electron chi connectivity index (χ2n) is 4.95. The first-order chi connectivity index (χ1) is 10.4. The molecule has 0 saturated carbocycles. The van der Waals surface area contributed by atoms with Crippen LogP contribution in [0, 0.1) is 6.92 Å². The third kappa shape index (κ3) is 4.34. The summed E-state index contributed by atoms with van der Waals surface area (Å²) in [6, 6.07) is 14.4. The molecular weight excluding hydrogens is 321 g/mol. The normalized spacial score (nSPS) is 15.1. The van der Waals surface area contributed by atoms with Crippen molar-refractivity contribution in [3.05, 3.63) is 64.7 Å². The van der Waals surface area contributed by atoms with Gasteiger partial charge in [0.15, 0.2) is 5.78 Å². The average Bonchev–Trinajstić information content (AvgIpc) is 2.47. The van der Waals surface area contributed by atoms with Crippen LogP contribution < -0.4 is 5.32 Å². The van der Waals surface area contributed by atoms with Crippen LogP contribution in [-0.2, 0) is 9.09 Å². The van der Waals surface area contributed by atoms with Crippen LogP contribution in [0.2, 0.25) is 5.02 Å². The number of rotatable bonds is 6. The molecular formula is C16H19ClNO3P. The van der Waals surface area contributed by atoms with Crippen LogP contribution in [0.25, 0.3) is 0 Å². The van der Waals surface area contributed by atoms with Crippen molar-refractivity contribution in [2.75, 3.05) is 11.9 Å². The van der Waals surface area contributed by atoms with Crippen molar-refractivity contribution in [1.29, 1.82) is 0 Å². The van der Waals surface area contributed by atoms with Crippen molar-refractivity contribution in [3.63, 3.8) is 0 Å². The van der Waals surface area contributed by atoms with Crippen molar-refractivity contribution in [3.8, 4) is 0 Å². The molecule has 0 aliphatic carbocycles. The lowest BCUT2D eigenvalue weighted by Crippen LogP contribution is -2.13. The fourth-order valence-electron chi connectivity index (χ4n) is 2.07. The summed E-state index contributed by atoms with van der Waals surface area (Å²) in [5, 5.41) is 3.66. The highest BCUT2D eigenvalue weighted by Crippen LogP contribution is 2.56. The zero-order valence-electron chi connectivity index (χ0n) is 12.5. The first-order valence-corrected chi connectivity index (χ1v) is 9.00. The molecule has 0 aromatic heterocycles. The maximum atomic E-state index is 12.5. The Morgan fingerprint density at radius 1 is 1.18 bits per heavy atom. The fraction of sp³-hybridized carbons (Fsp3) is 0.250. The third-order valence-corrected chi connectivity index (χ3v) is 5.14. The van der Waals surface area contributed by atoms with E-state index in [0.29, 0.717) is 10.6 Å². The van der Waals surface area contributed by atoms with Crippen molar-refractivity contribution >= 4 is 24.9 Å². The van der Waals surface area contributed by atoms with Crippen LogP contribution in [0.5, 0.6) is 0 Å². The molecule has 0 amide bonds. The third-order valence-electron chi connectivity index (χ3n) is 3.18. The first-order valence-electron chi connectivity index (χ1n) is 6.98.